The third kappa shape index (κ3) is 4.70. The summed E-state index contributed by atoms with van der Waals surface area (Å²) in [6.45, 7) is 3.42. The summed E-state index contributed by atoms with van der Waals surface area (Å²) in [6.07, 6.45) is 2.34. The van der Waals surface area contributed by atoms with Crippen molar-refractivity contribution < 1.29 is 14.0 Å². The van der Waals surface area contributed by atoms with Crippen LogP contribution in [0.3, 0.4) is 0 Å². The molecule has 2 aromatic carbocycles. The van der Waals surface area contributed by atoms with E-state index in [-0.39, 0.29) is 0 Å². The molecular weight excluding hydrogens is 354 g/mol. The fourth-order valence-corrected chi connectivity index (χ4v) is 3.55. The molecule has 1 atom stereocenters. The largest absolute Gasteiger partial charge is 0.497 e. The van der Waals surface area contributed by atoms with E-state index in [2.05, 4.69) is 15.0 Å². The van der Waals surface area contributed by atoms with Gasteiger partial charge in [-0.25, -0.2) is 0 Å². The molecule has 1 unspecified atom stereocenters. The zero-order chi connectivity index (χ0) is 19.2. The second-order valence-corrected chi connectivity index (χ2v) is 7.11. The van der Waals surface area contributed by atoms with Crippen LogP contribution < -0.4 is 9.47 Å². The van der Waals surface area contributed by atoms with Crippen LogP contribution in [-0.4, -0.2) is 41.8 Å². The Labute approximate surface area is 165 Å². The van der Waals surface area contributed by atoms with E-state index in [4.69, 9.17) is 14.0 Å². The third-order valence-electron chi connectivity index (χ3n) is 4.99. The van der Waals surface area contributed by atoms with E-state index in [0.29, 0.717) is 24.2 Å². The van der Waals surface area contributed by atoms with Crippen molar-refractivity contribution in [1.82, 2.24) is 15.0 Å². The molecule has 0 radical (unpaired) electrons. The molecule has 1 saturated heterocycles. The topological polar surface area (TPSA) is 60.6 Å². The summed E-state index contributed by atoms with van der Waals surface area (Å²) in [6, 6.07) is 17.7. The van der Waals surface area contributed by atoms with Crippen LogP contribution in [0.15, 0.2) is 59.1 Å². The molecule has 1 aliphatic rings. The van der Waals surface area contributed by atoms with Crippen LogP contribution in [0.5, 0.6) is 11.5 Å². The number of likely N-dealkylation sites (tertiary alicyclic amines) is 1. The van der Waals surface area contributed by atoms with Crippen molar-refractivity contribution in [1.29, 1.82) is 0 Å². The van der Waals surface area contributed by atoms with Crippen molar-refractivity contribution in [3.8, 4) is 22.9 Å². The fourth-order valence-electron chi connectivity index (χ4n) is 3.55. The summed E-state index contributed by atoms with van der Waals surface area (Å²) < 4.78 is 16.7. The van der Waals surface area contributed by atoms with Crippen LogP contribution in [0.2, 0.25) is 0 Å². The van der Waals surface area contributed by atoms with Gasteiger partial charge >= 0.3 is 0 Å². The van der Waals surface area contributed by atoms with Gasteiger partial charge in [-0.1, -0.05) is 35.5 Å². The van der Waals surface area contributed by atoms with E-state index in [1.807, 2.05) is 54.6 Å². The van der Waals surface area contributed by atoms with Gasteiger partial charge in [0.25, 0.3) is 0 Å². The first-order chi connectivity index (χ1) is 13.8. The summed E-state index contributed by atoms with van der Waals surface area (Å²) in [5.41, 5.74) is 0.891. The molecule has 1 fully saturated rings. The highest BCUT2D eigenvalue weighted by Gasteiger charge is 2.22. The molecule has 3 aromatic rings. The van der Waals surface area contributed by atoms with Crippen molar-refractivity contribution in [3.05, 3.63) is 60.5 Å². The first kappa shape index (κ1) is 18.5. The van der Waals surface area contributed by atoms with E-state index in [9.17, 15) is 0 Å². The van der Waals surface area contributed by atoms with Crippen LogP contribution in [0, 0.1) is 5.92 Å². The van der Waals surface area contributed by atoms with Crippen molar-refractivity contribution in [3.63, 3.8) is 0 Å². The van der Waals surface area contributed by atoms with Crippen LogP contribution >= 0.6 is 0 Å². The van der Waals surface area contributed by atoms with Crippen LogP contribution in [0.4, 0.5) is 0 Å². The zero-order valence-electron chi connectivity index (χ0n) is 16.1. The monoisotopic (exact) mass is 379 g/mol. The summed E-state index contributed by atoms with van der Waals surface area (Å²) in [4.78, 5) is 6.93. The van der Waals surface area contributed by atoms with E-state index < -0.39 is 0 Å². The number of piperidine rings is 1. The maximum absolute atomic E-state index is 5.94. The Bertz CT molecular complexity index is 881. The van der Waals surface area contributed by atoms with Gasteiger partial charge in [-0.05, 0) is 43.7 Å². The molecule has 6 heteroatoms. The van der Waals surface area contributed by atoms with Gasteiger partial charge in [-0.15, -0.1) is 0 Å². The molecule has 0 saturated carbocycles. The summed E-state index contributed by atoms with van der Waals surface area (Å²) in [5.74, 6) is 3.45. The van der Waals surface area contributed by atoms with E-state index >= 15 is 0 Å². The average Bonchev–Trinajstić information content (AvgIpc) is 3.22. The maximum Gasteiger partial charge on any atom is 0.241 e. The predicted octanol–water partition coefficient (Wildman–Crippen LogP) is 4.04. The van der Waals surface area contributed by atoms with Gasteiger partial charge in [0, 0.05) is 18.0 Å². The van der Waals surface area contributed by atoms with Crippen molar-refractivity contribution >= 4 is 0 Å². The third-order valence-corrected chi connectivity index (χ3v) is 4.99. The maximum atomic E-state index is 5.94. The Kier molecular flexibility index (Phi) is 5.87. The molecule has 0 N–H and O–H groups in total. The molecular formula is C22H25N3O3. The number of para-hydroxylation sites is 1. The van der Waals surface area contributed by atoms with Crippen LogP contribution in [0.1, 0.15) is 18.7 Å². The minimum Gasteiger partial charge on any atom is -0.497 e. The number of aromatic nitrogens is 2. The Hall–Kier alpha value is -2.86. The highest BCUT2D eigenvalue weighted by molar-refractivity contribution is 5.56. The van der Waals surface area contributed by atoms with Gasteiger partial charge in [0.15, 0.2) is 0 Å². The summed E-state index contributed by atoms with van der Waals surface area (Å²) in [5, 5.41) is 4.13. The highest BCUT2D eigenvalue weighted by atomic mass is 16.5. The van der Waals surface area contributed by atoms with Crippen molar-refractivity contribution in [2.24, 2.45) is 5.92 Å². The Morgan fingerprint density at radius 3 is 2.82 bits per heavy atom. The van der Waals surface area contributed by atoms with E-state index in [1.54, 1.807) is 7.11 Å². The first-order valence-corrected chi connectivity index (χ1v) is 9.67. The highest BCUT2D eigenvalue weighted by Crippen LogP contribution is 2.23. The number of nitrogens with zero attached hydrogens (tertiary/aromatic N) is 3. The Morgan fingerprint density at radius 1 is 1.11 bits per heavy atom. The standard InChI is InChI=1S/C22H25N3O3/c1-26-20-11-5-8-18(13-20)22-23-21(28-24-22)15-25-12-6-7-17(14-25)16-27-19-9-3-2-4-10-19/h2-5,8-11,13,17H,6-7,12,14-16H2,1H3. The predicted molar refractivity (Wildman–Crippen MR) is 106 cm³/mol. The van der Waals surface area contributed by atoms with E-state index in [0.717, 1.165) is 43.2 Å². The lowest BCUT2D eigenvalue weighted by molar-refractivity contribution is 0.115. The average molecular weight is 379 g/mol. The smallest absolute Gasteiger partial charge is 0.241 e. The van der Waals surface area contributed by atoms with Gasteiger partial charge in [0.2, 0.25) is 11.7 Å². The molecule has 4 rings (SSSR count). The second-order valence-electron chi connectivity index (χ2n) is 7.11. The van der Waals surface area contributed by atoms with Gasteiger partial charge in [0.05, 0.1) is 20.3 Å². The van der Waals surface area contributed by atoms with Gasteiger partial charge in [-0.3, -0.25) is 4.90 Å². The quantitative estimate of drug-likeness (QED) is 0.618. The zero-order valence-corrected chi connectivity index (χ0v) is 16.1. The number of hydrogen-bond acceptors (Lipinski definition) is 6. The van der Waals surface area contributed by atoms with Gasteiger partial charge < -0.3 is 14.0 Å². The van der Waals surface area contributed by atoms with Gasteiger partial charge in [0.1, 0.15) is 11.5 Å². The molecule has 0 amide bonds. The molecule has 0 aliphatic carbocycles. The first-order valence-electron chi connectivity index (χ1n) is 9.67. The molecule has 1 aromatic heterocycles. The van der Waals surface area contributed by atoms with Crippen LogP contribution in [0.25, 0.3) is 11.4 Å². The minimum absolute atomic E-state index is 0.509. The second kappa shape index (κ2) is 8.89. The number of rotatable bonds is 7. The molecule has 28 heavy (non-hydrogen) atoms. The van der Waals surface area contributed by atoms with Crippen molar-refractivity contribution in [2.45, 2.75) is 19.4 Å². The Morgan fingerprint density at radius 2 is 1.96 bits per heavy atom. The fraction of sp³-hybridized carbons (Fsp3) is 0.364. The molecule has 0 bridgehead atoms. The lowest BCUT2D eigenvalue weighted by Crippen LogP contribution is -2.37. The molecule has 1 aliphatic heterocycles. The summed E-state index contributed by atoms with van der Waals surface area (Å²) >= 11 is 0. The van der Waals surface area contributed by atoms with Crippen molar-refractivity contribution in [2.75, 3.05) is 26.8 Å². The molecule has 0 spiro atoms. The number of methoxy groups -OCH3 is 1. The van der Waals surface area contributed by atoms with E-state index in [1.165, 1.54) is 6.42 Å². The number of hydrogen-bond donors (Lipinski definition) is 0. The lowest BCUT2D eigenvalue weighted by atomic mass is 9.99. The molecule has 6 nitrogen and oxygen atoms in total. The summed E-state index contributed by atoms with van der Waals surface area (Å²) in [7, 11) is 1.65. The lowest BCUT2D eigenvalue weighted by Gasteiger charge is -2.31. The molecule has 146 valence electrons. The normalized spacial score (nSPS) is 17.4. The SMILES string of the molecule is COc1cccc(-c2noc(CN3CCCC(COc4ccccc4)C3)n2)c1. The van der Waals surface area contributed by atoms with Gasteiger partial charge in [-0.2, -0.15) is 4.98 Å². The minimum atomic E-state index is 0.509. The Balaban J connectivity index is 1.33. The molecule has 2 heterocycles. The number of benzene rings is 2. The number of ether oxygens (including phenoxy) is 2. The van der Waals surface area contributed by atoms with Crippen LogP contribution in [-0.2, 0) is 6.54 Å².